The molecular weight excluding hydrogens is 210 g/mol. The van der Waals surface area contributed by atoms with Crippen molar-refractivity contribution in [3.05, 3.63) is 17.5 Å². The third-order valence-electron chi connectivity index (χ3n) is 3.71. The Balaban J connectivity index is 2.11. The van der Waals surface area contributed by atoms with Crippen LogP contribution in [-0.2, 0) is 13.0 Å². The highest BCUT2D eigenvalue weighted by molar-refractivity contribution is 5.18. The van der Waals surface area contributed by atoms with Gasteiger partial charge in [-0.05, 0) is 32.1 Å². The molecule has 1 heterocycles. The number of rotatable bonds is 6. The van der Waals surface area contributed by atoms with E-state index in [0.29, 0.717) is 12.1 Å². The fourth-order valence-corrected chi connectivity index (χ4v) is 2.40. The summed E-state index contributed by atoms with van der Waals surface area (Å²) in [6.45, 7) is 9.85. The van der Waals surface area contributed by atoms with Crippen molar-refractivity contribution in [2.24, 2.45) is 5.92 Å². The molecule has 1 aromatic heterocycles. The molecule has 0 aromatic carbocycles. The van der Waals surface area contributed by atoms with Gasteiger partial charge in [0.05, 0.1) is 12.2 Å². The maximum absolute atomic E-state index is 4.60. The molecule has 1 aromatic rings. The van der Waals surface area contributed by atoms with Crippen LogP contribution < -0.4 is 5.32 Å². The molecule has 2 rings (SSSR count). The van der Waals surface area contributed by atoms with Crippen LogP contribution in [0.5, 0.6) is 0 Å². The highest BCUT2D eigenvalue weighted by Gasteiger charge is 2.30. The first-order chi connectivity index (χ1) is 8.13. The van der Waals surface area contributed by atoms with E-state index in [9.17, 15) is 0 Å². The summed E-state index contributed by atoms with van der Waals surface area (Å²) < 4.78 is 2.26. The first-order valence-electron chi connectivity index (χ1n) is 6.92. The summed E-state index contributed by atoms with van der Waals surface area (Å²) in [4.78, 5) is 0. The van der Waals surface area contributed by atoms with Crippen LogP contribution in [0.4, 0.5) is 0 Å². The summed E-state index contributed by atoms with van der Waals surface area (Å²) in [6.07, 6.45) is 5.88. The van der Waals surface area contributed by atoms with Crippen molar-refractivity contribution in [1.82, 2.24) is 15.1 Å². The lowest BCUT2D eigenvalue weighted by molar-refractivity contribution is 0.425. The van der Waals surface area contributed by atoms with Crippen molar-refractivity contribution in [2.75, 3.05) is 0 Å². The topological polar surface area (TPSA) is 29.9 Å². The summed E-state index contributed by atoms with van der Waals surface area (Å²) in [5, 5.41) is 8.08. The summed E-state index contributed by atoms with van der Waals surface area (Å²) >= 11 is 0. The molecule has 0 bridgehead atoms. The van der Waals surface area contributed by atoms with Crippen molar-refractivity contribution in [2.45, 2.75) is 65.6 Å². The molecule has 3 nitrogen and oxygen atoms in total. The SMILES string of the molecule is CCc1c(CNC(C)C)cnn1C(C)C1CC1. The van der Waals surface area contributed by atoms with E-state index in [1.165, 1.54) is 24.1 Å². The zero-order valence-corrected chi connectivity index (χ0v) is 11.5. The smallest absolute Gasteiger partial charge is 0.0537 e. The maximum atomic E-state index is 4.60. The van der Waals surface area contributed by atoms with Crippen molar-refractivity contribution >= 4 is 0 Å². The molecule has 0 saturated heterocycles. The van der Waals surface area contributed by atoms with Crippen LogP contribution in [-0.4, -0.2) is 15.8 Å². The Morgan fingerprint density at radius 1 is 1.41 bits per heavy atom. The average Bonchev–Trinajstić information content (AvgIpc) is 3.05. The largest absolute Gasteiger partial charge is 0.310 e. The van der Waals surface area contributed by atoms with Gasteiger partial charge in [0.15, 0.2) is 0 Å². The highest BCUT2D eigenvalue weighted by Crippen LogP contribution is 2.39. The van der Waals surface area contributed by atoms with Gasteiger partial charge in [-0.15, -0.1) is 0 Å². The lowest BCUT2D eigenvalue weighted by atomic mass is 10.1. The molecule has 3 heteroatoms. The molecule has 0 aliphatic heterocycles. The number of aromatic nitrogens is 2. The first kappa shape index (κ1) is 12.6. The van der Waals surface area contributed by atoms with E-state index < -0.39 is 0 Å². The van der Waals surface area contributed by atoms with Gasteiger partial charge < -0.3 is 5.32 Å². The van der Waals surface area contributed by atoms with E-state index in [0.717, 1.165) is 18.9 Å². The molecule has 1 atom stereocenters. The minimum atomic E-state index is 0.531. The summed E-state index contributed by atoms with van der Waals surface area (Å²) in [5.74, 6) is 0.867. The van der Waals surface area contributed by atoms with E-state index >= 15 is 0 Å². The Bertz CT molecular complexity index is 364. The maximum Gasteiger partial charge on any atom is 0.0537 e. The molecule has 1 aliphatic carbocycles. The van der Waals surface area contributed by atoms with Gasteiger partial charge in [-0.1, -0.05) is 20.8 Å². The van der Waals surface area contributed by atoms with Gasteiger partial charge in [0.2, 0.25) is 0 Å². The minimum Gasteiger partial charge on any atom is -0.310 e. The first-order valence-corrected chi connectivity index (χ1v) is 6.92. The summed E-state index contributed by atoms with van der Waals surface area (Å²) in [7, 11) is 0. The molecule has 1 aliphatic rings. The zero-order chi connectivity index (χ0) is 12.4. The Labute approximate surface area is 105 Å². The normalized spacial score (nSPS) is 17.7. The summed E-state index contributed by atoms with van der Waals surface area (Å²) in [6, 6.07) is 1.11. The molecule has 1 saturated carbocycles. The molecule has 17 heavy (non-hydrogen) atoms. The van der Waals surface area contributed by atoms with Crippen molar-refractivity contribution in [1.29, 1.82) is 0 Å². The lowest BCUT2D eigenvalue weighted by Crippen LogP contribution is -2.22. The second kappa shape index (κ2) is 5.21. The third-order valence-corrected chi connectivity index (χ3v) is 3.71. The van der Waals surface area contributed by atoms with Crippen LogP contribution in [0.3, 0.4) is 0 Å². The predicted molar refractivity (Wildman–Crippen MR) is 71.0 cm³/mol. The molecule has 1 unspecified atom stereocenters. The van der Waals surface area contributed by atoms with Crippen LogP contribution in [0.25, 0.3) is 0 Å². The highest BCUT2D eigenvalue weighted by atomic mass is 15.3. The van der Waals surface area contributed by atoms with Gasteiger partial charge in [0, 0.05) is 23.8 Å². The van der Waals surface area contributed by atoms with Crippen molar-refractivity contribution in [3.63, 3.8) is 0 Å². The predicted octanol–water partition coefficient (Wildman–Crippen LogP) is 2.91. The van der Waals surface area contributed by atoms with Crippen LogP contribution in [0.15, 0.2) is 6.20 Å². The van der Waals surface area contributed by atoms with Crippen LogP contribution >= 0.6 is 0 Å². The second-order valence-corrected chi connectivity index (χ2v) is 5.53. The summed E-state index contributed by atoms with van der Waals surface area (Å²) in [5.41, 5.74) is 2.78. The van der Waals surface area contributed by atoms with Crippen LogP contribution in [0, 0.1) is 5.92 Å². The van der Waals surface area contributed by atoms with Gasteiger partial charge in [0.25, 0.3) is 0 Å². The molecule has 0 amide bonds. The Hall–Kier alpha value is -0.830. The zero-order valence-electron chi connectivity index (χ0n) is 11.5. The van der Waals surface area contributed by atoms with Crippen LogP contribution in [0.1, 0.15) is 57.8 Å². The molecule has 1 N–H and O–H groups in total. The van der Waals surface area contributed by atoms with Crippen molar-refractivity contribution < 1.29 is 0 Å². The van der Waals surface area contributed by atoms with Gasteiger partial charge >= 0.3 is 0 Å². The van der Waals surface area contributed by atoms with E-state index in [4.69, 9.17) is 0 Å². The fourth-order valence-electron chi connectivity index (χ4n) is 2.40. The standard InChI is InChI=1S/C14H25N3/c1-5-14-13(8-15-10(2)3)9-16-17(14)11(4)12-6-7-12/h9-12,15H,5-8H2,1-4H3. The van der Waals surface area contributed by atoms with Crippen LogP contribution in [0.2, 0.25) is 0 Å². The van der Waals surface area contributed by atoms with Gasteiger partial charge in [0.1, 0.15) is 0 Å². The Morgan fingerprint density at radius 2 is 2.12 bits per heavy atom. The van der Waals surface area contributed by atoms with E-state index in [2.05, 4.69) is 42.8 Å². The number of hydrogen-bond donors (Lipinski definition) is 1. The quantitative estimate of drug-likeness (QED) is 0.821. The fraction of sp³-hybridized carbons (Fsp3) is 0.786. The number of nitrogens with one attached hydrogen (secondary N) is 1. The van der Waals surface area contributed by atoms with Gasteiger partial charge in [-0.25, -0.2) is 0 Å². The molecule has 0 radical (unpaired) electrons. The average molecular weight is 235 g/mol. The second-order valence-electron chi connectivity index (χ2n) is 5.53. The van der Waals surface area contributed by atoms with Crippen molar-refractivity contribution in [3.8, 4) is 0 Å². The number of hydrogen-bond acceptors (Lipinski definition) is 2. The van der Waals surface area contributed by atoms with E-state index in [1.54, 1.807) is 0 Å². The molecule has 0 spiro atoms. The molecular formula is C14H25N3. The third kappa shape index (κ3) is 2.89. The van der Waals surface area contributed by atoms with Gasteiger partial charge in [-0.2, -0.15) is 5.10 Å². The van der Waals surface area contributed by atoms with E-state index in [-0.39, 0.29) is 0 Å². The van der Waals surface area contributed by atoms with E-state index in [1.807, 2.05) is 6.20 Å². The number of nitrogens with zero attached hydrogens (tertiary/aromatic N) is 2. The lowest BCUT2D eigenvalue weighted by Gasteiger charge is -2.15. The molecule has 96 valence electrons. The molecule has 1 fully saturated rings. The monoisotopic (exact) mass is 235 g/mol. The van der Waals surface area contributed by atoms with Gasteiger partial charge in [-0.3, -0.25) is 4.68 Å². The Morgan fingerprint density at radius 3 is 2.65 bits per heavy atom. The minimum absolute atomic E-state index is 0.531. The Kier molecular flexibility index (Phi) is 3.87.